The molecule has 3 heteroatoms. The first-order chi connectivity index (χ1) is 3.66. The number of aliphatic hydroxyl groups excluding tert-OH is 1. The van der Waals surface area contributed by atoms with E-state index in [0.29, 0.717) is 6.42 Å². The van der Waals surface area contributed by atoms with Gasteiger partial charge in [-0.2, -0.15) is 0 Å². The van der Waals surface area contributed by atoms with E-state index in [1.807, 2.05) is 0 Å². The molecule has 0 radical (unpaired) electrons. The summed E-state index contributed by atoms with van der Waals surface area (Å²) in [5, 5.41) is 8.64. The van der Waals surface area contributed by atoms with Gasteiger partial charge < -0.3 is 5.11 Å². The Hall–Kier alpha value is -0.0200. The molecular formula is C5H10O2S. The minimum atomic E-state index is -0.553. The molecule has 0 aromatic carbocycles. The van der Waals surface area contributed by atoms with Crippen LogP contribution in [0, 0.1) is 0 Å². The first kappa shape index (κ1) is 7.98. The van der Waals surface area contributed by atoms with Crippen molar-refractivity contribution < 1.29 is 9.90 Å². The van der Waals surface area contributed by atoms with E-state index < -0.39 is 5.44 Å². The first-order valence-electron chi connectivity index (χ1n) is 2.54. The van der Waals surface area contributed by atoms with E-state index in [-0.39, 0.29) is 5.12 Å². The normalized spacial score (nSPS) is 13.4. The SMILES string of the molecule is CCC(=O)SC(C)O. The Morgan fingerprint density at radius 1 is 1.88 bits per heavy atom. The van der Waals surface area contributed by atoms with Crippen LogP contribution in [0.15, 0.2) is 0 Å². The summed E-state index contributed by atoms with van der Waals surface area (Å²) < 4.78 is 0. The fourth-order valence-electron chi connectivity index (χ4n) is 0.274. The third kappa shape index (κ3) is 4.15. The van der Waals surface area contributed by atoms with Crippen LogP contribution in [0.25, 0.3) is 0 Å². The lowest BCUT2D eigenvalue weighted by atomic mass is 10.6. The van der Waals surface area contributed by atoms with Crippen LogP contribution in [0.2, 0.25) is 0 Å². The van der Waals surface area contributed by atoms with Gasteiger partial charge in [-0.05, 0) is 6.92 Å². The second-order valence-electron chi connectivity index (χ2n) is 1.44. The fraction of sp³-hybridized carbons (Fsp3) is 0.800. The lowest BCUT2D eigenvalue weighted by Crippen LogP contribution is -1.98. The number of hydrogen-bond donors (Lipinski definition) is 1. The highest BCUT2D eigenvalue weighted by Gasteiger charge is 2.01. The Labute approximate surface area is 53.3 Å². The van der Waals surface area contributed by atoms with Crippen LogP contribution in [0.3, 0.4) is 0 Å². The van der Waals surface area contributed by atoms with Crippen LogP contribution < -0.4 is 0 Å². The van der Waals surface area contributed by atoms with E-state index >= 15 is 0 Å². The highest BCUT2D eigenvalue weighted by molar-refractivity contribution is 8.13. The van der Waals surface area contributed by atoms with Gasteiger partial charge in [0.15, 0.2) is 5.12 Å². The predicted octanol–water partition coefficient (Wildman–Crippen LogP) is 0.994. The first-order valence-corrected chi connectivity index (χ1v) is 3.42. The van der Waals surface area contributed by atoms with Crippen LogP contribution in [-0.2, 0) is 4.79 Å². The van der Waals surface area contributed by atoms with Crippen LogP contribution in [-0.4, -0.2) is 15.7 Å². The fourth-order valence-corrected chi connectivity index (χ4v) is 0.821. The average molecular weight is 134 g/mol. The molecule has 0 aromatic rings. The minimum Gasteiger partial charge on any atom is -0.382 e. The summed E-state index contributed by atoms with van der Waals surface area (Å²) in [7, 11) is 0. The number of carbonyl (C=O) groups is 1. The van der Waals surface area contributed by atoms with Crippen molar-refractivity contribution in [1.82, 2.24) is 0 Å². The number of hydrogen-bond acceptors (Lipinski definition) is 3. The molecule has 0 heterocycles. The van der Waals surface area contributed by atoms with Gasteiger partial charge in [0.2, 0.25) is 0 Å². The third-order valence-electron chi connectivity index (χ3n) is 0.591. The molecule has 0 aliphatic heterocycles. The smallest absolute Gasteiger partial charge is 0.191 e. The number of thioether (sulfide) groups is 1. The van der Waals surface area contributed by atoms with Gasteiger partial charge in [-0.1, -0.05) is 18.7 Å². The van der Waals surface area contributed by atoms with Crippen LogP contribution in [0.4, 0.5) is 0 Å². The maximum absolute atomic E-state index is 10.4. The molecule has 0 aliphatic rings. The monoisotopic (exact) mass is 134 g/mol. The van der Waals surface area contributed by atoms with Gasteiger partial charge in [0.25, 0.3) is 0 Å². The maximum Gasteiger partial charge on any atom is 0.191 e. The Balaban J connectivity index is 3.25. The Kier molecular flexibility index (Phi) is 3.91. The Morgan fingerprint density at radius 3 is 2.50 bits per heavy atom. The molecule has 8 heavy (non-hydrogen) atoms. The summed E-state index contributed by atoms with van der Waals surface area (Å²) in [5.41, 5.74) is -0.553. The standard InChI is InChI=1S/C5H10O2S/c1-3-5(7)8-4(2)6/h4,6H,3H2,1-2H3. The van der Waals surface area contributed by atoms with Crippen LogP contribution in [0.1, 0.15) is 20.3 Å². The number of carbonyl (C=O) groups excluding carboxylic acids is 1. The van der Waals surface area contributed by atoms with Crippen molar-refractivity contribution in [3.05, 3.63) is 0 Å². The van der Waals surface area contributed by atoms with Gasteiger partial charge in [0.05, 0.1) is 0 Å². The summed E-state index contributed by atoms with van der Waals surface area (Å²) >= 11 is 0.971. The molecule has 2 nitrogen and oxygen atoms in total. The van der Waals surface area contributed by atoms with Crippen molar-refractivity contribution in [1.29, 1.82) is 0 Å². The molecule has 48 valence electrons. The molecule has 0 aliphatic carbocycles. The van der Waals surface area contributed by atoms with Crippen molar-refractivity contribution in [2.75, 3.05) is 0 Å². The molecule has 1 atom stereocenters. The summed E-state index contributed by atoms with van der Waals surface area (Å²) in [6.45, 7) is 3.36. The van der Waals surface area contributed by atoms with E-state index in [1.54, 1.807) is 13.8 Å². The predicted molar refractivity (Wildman–Crippen MR) is 34.6 cm³/mol. The molecule has 1 N–H and O–H groups in total. The number of aliphatic hydroxyl groups is 1. The molecule has 1 unspecified atom stereocenters. The molecule has 0 aromatic heterocycles. The van der Waals surface area contributed by atoms with Crippen LogP contribution in [0.5, 0.6) is 0 Å². The number of rotatable bonds is 2. The molecular weight excluding hydrogens is 124 g/mol. The van der Waals surface area contributed by atoms with E-state index in [4.69, 9.17) is 5.11 Å². The molecule has 0 bridgehead atoms. The maximum atomic E-state index is 10.4. The average Bonchev–Trinajstić information content (AvgIpc) is 1.65. The van der Waals surface area contributed by atoms with Crippen molar-refractivity contribution in [2.24, 2.45) is 0 Å². The molecule has 0 saturated heterocycles. The van der Waals surface area contributed by atoms with E-state index in [0.717, 1.165) is 11.8 Å². The van der Waals surface area contributed by atoms with E-state index in [9.17, 15) is 4.79 Å². The Bertz CT molecular complexity index is 80.5. The van der Waals surface area contributed by atoms with Gasteiger partial charge in [-0.25, -0.2) is 0 Å². The van der Waals surface area contributed by atoms with Crippen molar-refractivity contribution in [3.8, 4) is 0 Å². The highest BCUT2D eigenvalue weighted by atomic mass is 32.2. The van der Waals surface area contributed by atoms with Crippen molar-refractivity contribution >= 4 is 16.9 Å². The largest absolute Gasteiger partial charge is 0.382 e. The summed E-state index contributed by atoms with van der Waals surface area (Å²) in [4.78, 5) is 10.4. The lowest BCUT2D eigenvalue weighted by Gasteiger charge is -1.97. The second kappa shape index (κ2) is 3.92. The van der Waals surface area contributed by atoms with Crippen molar-refractivity contribution in [2.45, 2.75) is 25.7 Å². The van der Waals surface area contributed by atoms with E-state index in [2.05, 4.69) is 0 Å². The lowest BCUT2D eigenvalue weighted by molar-refractivity contribution is -0.110. The zero-order chi connectivity index (χ0) is 6.57. The third-order valence-corrected chi connectivity index (χ3v) is 1.48. The highest BCUT2D eigenvalue weighted by Crippen LogP contribution is 2.09. The van der Waals surface area contributed by atoms with Gasteiger partial charge >= 0.3 is 0 Å². The quantitative estimate of drug-likeness (QED) is 0.572. The van der Waals surface area contributed by atoms with Gasteiger partial charge in [0.1, 0.15) is 5.44 Å². The van der Waals surface area contributed by atoms with Crippen molar-refractivity contribution in [3.63, 3.8) is 0 Å². The van der Waals surface area contributed by atoms with Crippen LogP contribution >= 0.6 is 11.8 Å². The second-order valence-corrected chi connectivity index (χ2v) is 2.82. The van der Waals surface area contributed by atoms with E-state index in [1.165, 1.54) is 0 Å². The summed E-state index contributed by atoms with van der Waals surface area (Å²) in [5.74, 6) is 0. The summed E-state index contributed by atoms with van der Waals surface area (Å²) in [6, 6.07) is 0. The molecule has 0 saturated carbocycles. The summed E-state index contributed by atoms with van der Waals surface area (Å²) in [6.07, 6.45) is 0.496. The van der Waals surface area contributed by atoms with Gasteiger partial charge in [-0.15, -0.1) is 0 Å². The zero-order valence-corrected chi connectivity index (χ0v) is 5.86. The minimum absolute atomic E-state index is 0.0417. The Morgan fingerprint density at radius 2 is 2.38 bits per heavy atom. The molecule has 0 spiro atoms. The zero-order valence-electron chi connectivity index (χ0n) is 5.05. The molecule has 0 amide bonds. The molecule has 0 fully saturated rings. The molecule has 0 rings (SSSR count). The van der Waals surface area contributed by atoms with Gasteiger partial charge in [0, 0.05) is 6.42 Å². The topological polar surface area (TPSA) is 37.3 Å². The van der Waals surface area contributed by atoms with Gasteiger partial charge in [-0.3, -0.25) is 4.79 Å².